The van der Waals surface area contributed by atoms with Crippen molar-refractivity contribution >= 4 is 52.0 Å². The third kappa shape index (κ3) is 10.3. The van der Waals surface area contributed by atoms with Crippen LogP contribution in [-0.2, 0) is 16.0 Å². The quantitative estimate of drug-likeness (QED) is 0.0779. The van der Waals surface area contributed by atoms with E-state index in [1.807, 2.05) is 49.4 Å². The summed E-state index contributed by atoms with van der Waals surface area (Å²) in [6.45, 7) is 8.92. The van der Waals surface area contributed by atoms with Crippen LogP contribution >= 0.6 is 11.6 Å². The van der Waals surface area contributed by atoms with Gasteiger partial charge in [0.25, 0.3) is 5.91 Å². The van der Waals surface area contributed by atoms with Gasteiger partial charge in [-0.05, 0) is 130 Å². The Labute approximate surface area is 333 Å². The van der Waals surface area contributed by atoms with Crippen LogP contribution in [0.15, 0.2) is 60.7 Å². The molecule has 12 nitrogen and oxygen atoms in total. The van der Waals surface area contributed by atoms with Crippen molar-refractivity contribution < 1.29 is 24.3 Å². The molecule has 2 fully saturated rings. The Balaban J connectivity index is 1.10. The van der Waals surface area contributed by atoms with Crippen molar-refractivity contribution in [3.63, 3.8) is 0 Å². The normalized spacial score (nSPS) is 20.3. The molecule has 298 valence electrons. The summed E-state index contributed by atoms with van der Waals surface area (Å²) in [5.74, 6) is -0.659. The van der Waals surface area contributed by atoms with Gasteiger partial charge in [0, 0.05) is 47.6 Å². The molecule has 4 amide bonds. The molecule has 4 aromatic rings. The molecule has 1 heterocycles. The molecule has 2 aliphatic rings. The number of nitrogens with zero attached hydrogens (tertiary/aromatic N) is 2. The van der Waals surface area contributed by atoms with E-state index in [1.165, 1.54) is 0 Å². The van der Waals surface area contributed by atoms with Gasteiger partial charge >= 0.3 is 6.09 Å². The number of H-pyrrole nitrogens is 1. The molecule has 0 spiro atoms. The van der Waals surface area contributed by atoms with E-state index in [2.05, 4.69) is 50.2 Å². The van der Waals surface area contributed by atoms with Crippen LogP contribution in [0.25, 0.3) is 22.0 Å². The third-order valence-corrected chi connectivity index (χ3v) is 12.0. The first-order valence-electron chi connectivity index (χ1n) is 20.0. The third-order valence-electron chi connectivity index (χ3n) is 11.7. The van der Waals surface area contributed by atoms with Crippen molar-refractivity contribution in [2.75, 3.05) is 25.0 Å². The smallest absolute Gasteiger partial charge is 0.404 e. The van der Waals surface area contributed by atoms with Gasteiger partial charge in [-0.3, -0.25) is 19.5 Å². The second kappa shape index (κ2) is 18.8. The van der Waals surface area contributed by atoms with Crippen molar-refractivity contribution in [1.29, 1.82) is 0 Å². The highest BCUT2D eigenvalue weighted by molar-refractivity contribution is 6.34. The molecule has 1 atom stereocenters. The fourth-order valence-electron chi connectivity index (χ4n) is 8.43. The van der Waals surface area contributed by atoms with Crippen LogP contribution in [0.4, 0.5) is 10.5 Å². The minimum atomic E-state index is -1.05. The van der Waals surface area contributed by atoms with E-state index in [4.69, 9.17) is 16.7 Å². The SMILES string of the molecule is CCN(CC)C1CCC(NC(=O)c2ccc(-c3ccc(C[C@H](NC(=O)[C@H]4CC[C@H](CNC(=O)O)CC4)C(=O)Nc4ccc5c(Cl)n[nH]c5c4)cc3)c(C)c2)CC1. The van der Waals surface area contributed by atoms with Gasteiger partial charge in [0.15, 0.2) is 5.15 Å². The summed E-state index contributed by atoms with van der Waals surface area (Å²) in [6.07, 6.45) is 6.11. The summed E-state index contributed by atoms with van der Waals surface area (Å²) in [4.78, 5) is 54.1. The summed E-state index contributed by atoms with van der Waals surface area (Å²) < 4.78 is 0. The maximum absolute atomic E-state index is 13.8. The molecule has 0 radical (unpaired) electrons. The lowest BCUT2D eigenvalue weighted by atomic mass is 9.81. The number of fused-ring (bicyclic) bond motifs is 1. The topological polar surface area (TPSA) is 169 Å². The number of carbonyl (C=O) groups is 4. The number of hydrogen-bond donors (Lipinski definition) is 6. The highest BCUT2D eigenvalue weighted by Gasteiger charge is 2.30. The summed E-state index contributed by atoms with van der Waals surface area (Å²) in [6, 6.07) is 19.0. The summed E-state index contributed by atoms with van der Waals surface area (Å²) in [5, 5.41) is 28.6. The van der Waals surface area contributed by atoms with Gasteiger partial charge in [-0.25, -0.2) is 4.79 Å². The molecule has 0 aliphatic heterocycles. The molecule has 0 bridgehead atoms. The van der Waals surface area contributed by atoms with Crippen molar-refractivity contribution in [2.45, 2.75) is 96.7 Å². The van der Waals surface area contributed by atoms with Crippen LogP contribution in [0.2, 0.25) is 5.15 Å². The molecule has 6 N–H and O–H groups in total. The Morgan fingerprint density at radius 1 is 0.911 bits per heavy atom. The second-order valence-electron chi connectivity index (χ2n) is 15.4. The van der Waals surface area contributed by atoms with Gasteiger partial charge in [-0.1, -0.05) is 55.8 Å². The molecule has 3 aromatic carbocycles. The zero-order valence-electron chi connectivity index (χ0n) is 32.5. The number of hydrogen-bond acceptors (Lipinski definition) is 6. The van der Waals surface area contributed by atoms with Gasteiger partial charge in [0.05, 0.1) is 5.52 Å². The highest BCUT2D eigenvalue weighted by Crippen LogP contribution is 2.30. The average molecular weight is 784 g/mol. The molecular formula is C43H54ClN7O5. The standard InChI is InChI=1S/C43H54ClN7O5/c1-4-51(5-2)34-18-15-32(16-19-34)46-41(53)31-14-20-35(26(3)22-31)29-10-6-27(7-11-29)23-38(42(54)47-33-17-21-36-37(24-33)49-50-39(36)44)48-40(52)30-12-8-28(9-13-30)25-45-43(55)56/h6-7,10-11,14,17,20-22,24,28,30,32,34,38,45H,4-5,8-9,12-13,15-16,18-19,23,25H2,1-3H3,(H,46,53)(H,47,54)(H,48,52)(H,49,50)(H,55,56)/t28-,30-,32?,34?,38-/m0/s1. The van der Waals surface area contributed by atoms with E-state index in [0.717, 1.165) is 79.3 Å². The van der Waals surface area contributed by atoms with Gasteiger partial charge < -0.3 is 31.3 Å². The Hall–Kier alpha value is -4.94. The molecule has 1 aromatic heterocycles. The first-order chi connectivity index (χ1) is 27.0. The minimum absolute atomic E-state index is 0.0378. The highest BCUT2D eigenvalue weighted by atomic mass is 35.5. The minimum Gasteiger partial charge on any atom is -0.465 e. The molecule has 2 saturated carbocycles. The van der Waals surface area contributed by atoms with E-state index >= 15 is 0 Å². The first-order valence-corrected chi connectivity index (χ1v) is 20.4. The summed E-state index contributed by atoms with van der Waals surface area (Å²) in [7, 11) is 0. The van der Waals surface area contributed by atoms with E-state index in [1.54, 1.807) is 18.2 Å². The predicted octanol–water partition coefficient (Wildman–Crippen LogP) is 7.31. The van der Waals surface area contributed by atoms with E-state index < -0.39 is 12.1 Å². The number of carbonyl (C=O) groups excluding carboxylic acids is 3. The lowest BCUT2D eigenvalue weighted by molar-refractivity contribution is -0.130. The Morgan fingerprint density at radius 3 is 2.29 bits per heavy atom. The lowest BCUT2D eigenvalue weighted by Gasteiger charge is -2.36. The number of halogens is 1. The molecule has 2 aliphatic carbocycles. The van der Waals surface area contributed by atoms with Gasteiger partial charge in [0.1, 0.15) is 6.04 Å². The fraction of sp³-hybridized carbons (Fsp3) is 0.465. The zero-order chi connectivity index (χ0) is 39.8. The number of carboxylic acid groups (broad SMARTS) is 1. The number of aryl methyl sites for hydroxylation is 1. The molecule has 13 heteroatoms. The van der Waals surface area contributed by atoms with Crippen LogP contribution in [-0.4, -0.2) is 81.8 Å². The average Bonchev–Trinajstić information content (AvgIpc) is 3.57. The Bertz CT molecular complexity index is 2000. The fourth-order valence-corrected chi connectivity index (χ4v) is 8.64. The summed E-state index contributed by atoms with van der Waals surface area (Å²) in [5.41, 5.74) is 5.73. The number of amides is 4. The molecule has 0 unspecified atom stereocenters. The maximum atomic E-state index is 13.8. The van der Waals surface area contributed by atoms with Crippen molar-refractivity contribution in [2.24, 2.45) is 11.8 Å². The lowest BCUT2D eigenvalue weighted by Crippen LogP contribution is -2.48. The maximum Gasteiger partial charge on any atom is 0.404 e. The number of rotatable bonds is 14. The van der Waals surface area contributed by atoms with Crippen LogP contribution in [0.1, 0.15) is 86.7 Å². The second-order valence-corrected chi connectivity index (χ2v) is 15.7. The van der Waals surface area contributed by atoms with Crippen LogP contribution in [0.5, 0.6) is 0 Å². The number of aromatic amines is 1. The number of benzene rings is 3. The zero-order valence-corrected chi connectivity index (χ0v) is 33.3. The van der Waals surface area contributed by atoms with Crippen molar-refractivity contribution in [3.05, 3.63) is 82.5 Å². The number of aromatic nitrogens is 2. The number of anilines is 1. The molecule has 0 saturated heterocycles. The summed E-state index contributed by atoms with van der Waals surface area (Å²) >= 11 is 6.15. The van der Waals surface area contributed by atoms with Crippen LogP contribution in [0, 0.1) is 18.8 Å². The van der Waals surface area contributed by atoms with E-state index in [9.17, 15) is 19.2 Å². The Kier molecular flexibility index (Phi) is 13.7. The van der Waals surface area contributed by atoms with Crippen LogP contribution in [0.3, 0.4) is 0 Å². The Morgan fingerprint density at radius 2 is 1.62 bits per heavy atom. The van der Waals surface area contributed by atoms with Crippen molar-refractivity contribution in [1.82, 2.24) is 31.0 Å². The first kappa shape index (κ1) is 40.7. The molecule has 56 heavy (non-hydrogen) atoms. The van der Waals surface area contributed by atoms with E-state index in [0.29, 0.717) is 47.3 Å². The van der Waals surface area contributed by atoms with Crippen molar-refractivity contribution in [3.8, 4) is 11.1 Å². The van der Waals surface area contributed by atoms with E-state index in [-0.39, 0.29) is 42.0 Å². The van der Waals surface area contributed by atoms with Gasteiger partial charge in [-0.2, -0.15) is 5.10 Å². The largest absolute Gasteiger partial charge is 0.465 e. The number of nitrogens with one attached hydrogen (secondary N) is 5. The monoisotopic (exact) mass is 783 g/mol. The predicted molar refractivity (Wildman–Crippen MR) is 220 cm³/mol. The van der Waals surface area contributed by atoms with Gasteiger partial charge in [-0.15, -0.1) is 0 Å². The molecule has 6 rings (SSSR count). The van der Waals surface area contributed by atoms with Gasteiger partial charge in [0.2, 0.25) is 11.8 Å². The molecular weight excluding hydrogens is 730 g/mol. The van der Waals surface area contributed by atoms with Crippen LogP contribution < -0.4 is 21.3 Å².